The number of nitrogens with two attached hydrogens (primary N) is 1. The molecule has 0 spiro atoms. The number of rotatable bonds is 3. The molecule has 1 aliphatic heterocycles. The van der Waals surface area contributed by atoms with Gasteiger partial charge >= 0.3 is 0 Å². The minimum absolute atomic E-state index is 0.588. The zero-order valence-corrected chi connectivity index (χ0v) is 12.8. The first-order valence-corrected chi connectivity index (χ1v) is 7.69. The lowest BCUT2D eigenvalue weighted by Gasteiger charge is -2.38. The van der Waals surface area contributed by atoms with Crippen LogP contribution in [0.5, 0.6) is 0 Å². The van der Waals surface area contributed by atoms with E-state index in [-0.39, 0.29) is 0 Å². The fourth-order valence-electron chi connectivity index (χ4n) is 2.87. The maximum atomic E-state index is 6.08. The van der Waals surface area contributed by atoms with Crippen molar-refractivity contribution in [1.29, 1.82) is 0 Å². The lowest BCUT2D eigenvalue weighted by Crippen LogP contribution is -2.46. The Morgan fingerprint density at radius 3 is 2.33 bits per heavy atom. The molecule has 0 radical (unpaired) electrons. The second-order valence-electron chi connectivity index (χ2n) is 5.29. The summed E-state index contributed by atoms with van der Waals surface area (Å²) >= 11 is 6.08. The highest BCUT2D eigenvalue weighted by atomic mass is 35.5. The third-order valence-corrected chi connectivity index (χ3v) is 4.24. The van der Waals surface area contributed by atoms with E-state index in [1.165, 1.54) is 16.9 Å². The van der Waals surface area contributed by atoms with Gasteiger partial charge in [-0.25, -0.2) is 0 Å². The maximum absolute atomic E-state index is 6.08. The standard InChI is InChI=1S/C17H20ClN3/c18-15-5-3-6-16(12-15)20-8-10-21(11-9-20)17-7-2-1-4-14(17)13-19/h1-7,12H,8-11,13,19H2. The molecule has 2 N–H and O–H groups in total. The molecule has 21 heavy (non-hydrogen) atoms. The van der Waals surface area contributed by atoms with Gasteiger partial charge in [0.05, 0.1) is 0 Å². The average molecular weight is 302 g/mol. The summed E-state index contributed by atoms with van der Waals surface area (Å²) in [6.07, 6.45) is 0. The van der Waals surface area contributed by atoms with Gasteiger partial charge in [-0.2, -0.15) is 0 Å². The predicted molar refractivity (Wildman–Crippen MR) is 90.2 cm³/mol. The average Bonchev–Trinajstić information content (AvgIpc) is 2.55. The second kappa shape index (κ2) is 6.37. The number of piperazine rings is 1. The fraction of sp³-hybridized carbons (Fsp3) is 0.294. The highest BCUT2D eigenvalue weighted by Gasteiger charge is 2.19. The summed E-state index contributed by atoms with van der Waals surface area (Å²) in [7, 11) is 0. The monoisotopic (exact) mass is 301 g/mol. The van der Waals surface area contributed by atoms with Gasteiger partial charge in [-0.1, -0.05) is 35.9 Å². The van der Waals surface area contributed by atoms with Crippen molar-refractivity contribution in [3.8, 4) is 0 Å². The fourth-order valence-corrected chi connectivity index (χ4v) is 3.05. The molecule has 0 amide bonds. The quantitative estimate of drug-likeness (QED) is 0.945. The van der Waals surface area contributed by atoms with Gasteiger partial charge in [0.2, 0.25) is 0 Å². The van der Waals surface area contributed by atoms with E-state index in [0.29, 0.717) is 6.54 Å². The normalized spacial score (nSPS) is 15.3. The summed E-state index contributed by atoms with van der Waals surface area (Å²) in [6.45, 7) is 4.59. The van der Waals surface area contributed by atoms with Crippen molar-refractivity contribution in [2.45, 2.75) is 6.54 Å². The third-order valence-electron chi connectivity index (χ3n) is 4.01. The molecule has 0 bridgehead atoms. The Morgan fingerprint density at radius 2 is 1.62 bits per heavy atom. The van der Waals surface area contributed by atoms with Crippen LogP contribution in [-0.2, 0) is 6.54 Å². The maximum Gasteiger partial charge on any atom is 0.0426 e. The summed E-state index contributed by atoms with van der Waals surface area (Å²) in [5.74, 6) is 0. The molecule has 0 saturated carbocycles. The first kappa shape index (κ1) is 14.2. The van der Waals surface area contributed by atoms with Gasteiger partial charge in [-0.05, 0) is 29.8 Å². The molecule has 2 aromatic rings. The van der Waals surface area contributed by atoms with E-state index in [1.807, 2.05) is 24.3 Å². The number of halogens is 1. The summed E-state index contributed by atoms with van der Waals surface area (Å²) in [5, 5.41) is 0.795. The Kier molecular flexibility index (Phi) is 4.32. The summed E-state index contributed by atoms with van der Waals surface area (Å²) in [5.41, 5.74) is 9.53. The molecular formula is C17H20ClN3. The number of hydrogen-bond donors (Lipinski definition) is 1. The van der Waals surface area contributed by atoms with Crippen LogP contribution < -0.4 is 15.5 Å². The number of benzene rings is 2. The van der Waals surface area contributed by atoms with Gasteiger partial charge < -0.3 is 15.5 Å². The molecule has 0 aromatic heterocycles. The molecule has 3 nitrogen and oxygen atoms in total. The molecular weight excluding hydrogens is 282 g/mol. The first-order valence-electron chi connectivity index (χ1n) is 7.31. The zero-order valence-electron chi connectivity index (χ0n) is 12.0. The van der Waals surface area contributed by atoms with Crippen LogP contribution >= 0.6 is 11.6 Å². The minimum Gasteiger partial charge on any atom is -0.368 e. The van der Waals surface area contributed by atoms with E-state index in [0.717, 1.165) is 31.2 Å². The first-order chi connectivity index (χ1) is 10.3. The van der Waals surface area contributed by atoms with Crippen molar-refractivity contribution >= 4 is 23.0 Å². The number of para-hydroxylation sites is 1. The summed E-state index contributed by atoms with van der Waals surface area (Å²) in [6, 6.07) is 16.5. The summed E-state index contributed by atoms with van der Waals surface area (Å²) < 4.78 is 0. The van der Waals surface area contributed by atoms with Crippen LogP contribution in [0.4, 0.5) is 11.4 Å². The molecule has 1 saturated heterocycles. The van der Waals surface area contributed by atoms with Gasteiger partial charge in [0, 0.05) is 49.1 Å². The Morgan fingerprint density at radius 1 is 0.905 bits per heavy atom. The Balaban J connectivity index is 1.70. The van der Waals surface area contributed by atoms with Crippen LogP contribution in [-0.4, -0.2) is 26.2 Å². The minimum atomic E-state index is 0.588. The zero-order chi connectivity index (χ0) is 14.7. The molecule has 0 atom stereocenters. The van der Waals surface area contributed by atoms with Gasteiger partial charge in [-0.15, -0.1) is 0 Å². The lowest BCUT2D eigenvalue weighted by molar-refractivity contribution is 0.651. The van der Waals surface area contributed by atoms with Crippen LogP contribution in [0.2, 0.25) is 5.02 Å². The molecule has 4 heteroatoms. The Labute approximate surface area is 130 Å². The van der Waals surface area contributed by atoms with E-state index < -0.39 is 0 Å². The third kappa shape index (κ3) is 3.14. The number of anilines is 2. The summed E-state index contributed by atoms with van der Waals surface area (Å²) in [4.78, 5) is 4.80. The van der Waals surface area contributed by atoms with E-state index >= 15 is 0 Å². The largest absolute Gasteiger partial charge is 0.368 e. The van der Waals surface area contributed by atoms with Crippen LogP contribution in [0, 0.1) is 0 Å². The van der Waals surface area contributed by atoms with Crippen LogP contribution in [0.25, 0.3) is 0 Å². The van der Waals surface area contributed by atoms with E-state index in [2.05, 4.69) is 34.1 Å². The van der Waals surface area contributed by atoms with Gasteiger partial charge in [0.1, 0.15) is 0 Å². The topological polar surface area (TPSA) is 32.5 Å². The SMILES string of the molecule is NCc1ccccc1N1CCN(c2cccc(Cl)c2)CC1. The van der Waals surface area contributed by atoms with Crippen LogP contribution in [0.15, 0.2) is 48.5 Å². The van der Waals surface area contributed by atoms with Crippen molar-refractivity contribution in [3.63, 3.8) is 0 Å². The highest BCUT2D eigenvalue weighted by Crippen LogP contribution is 2.25. The van der Waals surface area contributed by atoms with Crippen molar-refractivity contribution in [1.82, 2.24) is 0 Å². The van der Waals surface area contributed by atoms with Gasteiger partial charge in [0.15, 0.2) is 0 Å². The number of nitrogens with zero attached hydrogens (tertiary/aromatic N) is 2. The van der Waals surface area contributed by atoms with Crippen molar-refractivity contribution in [3.05, 3.63) is 59.1 Å². The second-order valence-corrected chi connectivity index (χ2v) is 5.72. The number of hydrogen-bond acceptors (Lipinski definition) is 3. The molecule has 1 fully saturated rings. The molecule has 0 unspecified atom stereocenters. The highest BCUT2D eigenvalue weighted by molar-refractivity contribution is 6.30. The Bertz CT molecular complexity index is 606. The molecule has 110 valence electrons. The predicted octanol–water partition coefficient (Wildman–Crippen LogP) is 3.13. The van der Waals surface area contributed by atoms with E-state index in [9.17, 15) is 0 Å². The molecule has 2 aromatic carbocycles. The molecule has 1 aliphatic rings. The smallest absolute Gasteiger partial charge is 0.0426 e. The Hall–Kier alpha value is -1.71. The van der Waals surface area contributed by atoms with E-state index in [4.69, 9.17) is 17.3 Å². The van der Waals surface area contributed by atoms with Crippen LogP contribution in [0.3, 0.4) is 0 Å². The lowest BCUT2D eigenvalue weighted by atomic mass is 10.1. The van der Waals surface area contributed by atoms with Crippen molar-refractivity contribution < 1.29 is 0 Å². The van der Waals surface area contributed by atoms with Gasteiger partial charge in [0.25, 0.3) is 0 Å². The van der Waals surface area contributed by atoms with E-state index in [1.54, 1.807) is 0 Å². The van der Waals surface area contributed by atoms with Crippen molar-refractivity contribution in [2.75, 3.05) is 36.0 Å². The van der Waals surface area contributed by atoms with Gasteiger partial charge in [-0.3, -0.25) is 0 Å². The van der Waals surface area contributed by atoms with Crippen molar-refractivity contribution in [2.24, 2.45) is 5.73 Å². The molecule has 0 aliphatic carbocycles. The molecule has 1 heterocycles. The molecule has 3 rings (SSSR count). The van der Waals surface area contributed by atoms with Crippen LogP contribution in [0.1, 0.15) is 5.56 Å².